The summed E-state index contributed by atoms with van der Waals surface area (Å²) in [6, 6.07) is 16.5. The summed E-state index contributed by atoms with van der Waals surface area (Å²) in [7, 11) is 0. The summed E-state index contributed by atoms with van der Waals surface area (Å²) in [5.41, 5.74) is 0.613. The van der Waals surface area contributed by atoms with E-state index in [1.165, 1.54) is 6.92 Å². The Hall–Kier alpha value is -1.27. The highest BCUT2D eigenvalue weighted by Crippen LogP contribution is 2.14. The van der Waals surface area contributed by atoms with E-state index in [1.807, 2.05) is 30.3 Å². The van der Waals surface area contributed by atoms with Crippen LogP contribution in [-0.4, -0.2) is 16.7 Å². The van der Waals surface area contributed by atoms with Crippen molar-refractivity contribution in [2.75, 3.05) is 5.75 Å². The van der Waals surface area contributed by atoms with Gasteiger partial charge in [-0.3, -0.25) is 14.7 Å². The topological polar surface area (TPSA) is 60.2 Å². The number of halogens is 1. The Bertz CT molecular complexity index is 603. The van der Waals surface area contributed by atoms with Gasteiger partial charge >= 0.3 is 0 Å². The van der Waals surface area contributed by atoms with Gasteiger partial charge in [0, 0.05) is 22.4 Å². The quantitative estimate of drug-likeness (QED) is 0.649. The fraction of sp³-hybridized carbons (Fsp3) is 0.125. The molecule has 0 aliphatic rings. The maximum Gasteiger partial charge on any atom is 0.186 e. The molecule has 2 aromatic carbocycles. The molecule has 2 rings (SSSR count). The third-order valence-corrected chi connectivity index (χ3v) is 4.06. The summed E-state index contributed by atoms with van der Waals surface area (Å²) < 4.78 is 0. The fourth-order valence-corrected chi connectivity index (χ4v) is 2.32. The van der Waals surface area contributed by atoms with Crippen molar-refractivity contribution >= 4 is 46.2 Å². The molecule has 0 atom stereocenters. The van der Waals surface area contributed by atoms with E-state index in [0.29, 0.717) is 5.56 Å². The van der Waals surface area contributed by atoms with Crippen molar-refractivity contribution in [2.24, 2.45) is 5.14 Å². The predicted octanol–water partition coefficient (Wildman–Crippen LogP) is 4.45. The smallest absolute Gasteiger partial charge is 0.186 e. The highest BCUT2D eigenvalue weighted by atomic mass is 35.5. The molecule has 2 aromatic rings. The van der Waals surface area contributed by atoms with E-state index in [2.05, 4.69) is 0 Å². The van der Waals surface area contributed by atoms with Gasteiger partial charge in [-0.1, -0.05) is 53.7 Å². The second kappa shape index (κ2) is 10.5. The lowest BCUT2D eigenvalue weighted by atomic mass is 10.1. The minimum absolute atomic E-state index is 0.0382. The number of hydrogen-bond acceptors (Lipinski definition) is 5. The number of nitrogens with two attached hydrogens (primary N) is 1. The van der Waals surface area contributed by atoms with E-state index in [-0.39, 0.29) is 16.7 Å². The standard InChI is InChI=1S/C10H11NO2S2.C6H5Cl/c1-7(12)14-6-10(13)8-2-4-9(15-11)5-3-8;7-6-4-2-1-3-5-6/h2-5H,6,11H2,1H3;1-5H. The third kappa shape index (κ3) is 7.66. The minimum atomic E-state index is -0.0440. The molecule has 0 saturated heterocycles. The Morgan fingerprint density at radius 2 is 1.64 bits per heavy atom. The van der Waals surface area contributed by atoms with Crippen LogP contribution in [-0.2, 0) is 4.79 Å². The van der Waals surface area contributed by atoms with Gasteiger partial charge in [-0.05, 0) is 36.2 Å². The predicted molar refractivity (Wildman–Crippen MR) is 95.4 cm³/mol. The molecule has 0 aliphatic carbocycles. The largest absolute Gasteiger partial charge is 0.293 e. The average Bonchev–Trinajstić information content (AvgIpc) is 2.54. The first-order valence-corrected chi connectivity index (χ1v) is 8.61. The van der Waals surface area contributed by atoms with Crippen LogP contribution in [0.5, 0.6) is 0 Å². The molecule has 0 bridgehead atoms. The molecule has 116 valence electrons. The number of Topliss-reactive ketones (excluding diaryl/α,β-unsaturated/α-hetero) is 1. The van der Waals surface area contributed by atoms with Gasteiger partial charge in [0.25, 0.3) is 0 Å². The maximum absolute atomic E-state index is 11.5. The molecule has 0 unspecified atom stereocenters. The van der Waals surface area contributed by atoms with Crippen LogP contribution in [0.4, 0.5) is 0 Å². The Balaban J connectivity index is 0.000000287. The van der Waals surface area contributed by atoms with Crippen LogP contribution in [0.2, 0.25) is 5.02 Å². The monoisotopic (exact) mass is 353 g/mol. The highest BCUT2D eigenvalue weighted by molar-refractivity contribution is 8.14. The van der Waals surface area contributed by atoms with Crippen molar-refractivity contribution in [1.29, 1.82) is 0 Å². The molecule has 0 aromatic heterocycles. The molecule has 0 aliphatic heterocycles. The van der Waals surface area contributed by atoms with Gasteiger partial charge in [-0.15, -0.1) is 0 Å². The van der Waals surface area contributed by atoms with Crippen molar-refractivity contribution in [3.63, 3.8) is 0 Å². The van der Waals surface area contributed by atoms with Crippen LogP contribution < -0.4 is 5.14 Å². The van der Waals surface area contributed by atoms with Crippen molar-refractivity contribution in [3.8, 4) is 0 Å². The lowest BCUT2D eigenvalue weighted by molar-refractivity contribution is -0.109. The first kappa shape index (κ1) is 18.8. The molecular formula is C16H16ClNO2S2. The molecule has 6 heteroatoms. The van der Waals surface area contributed by atoms with Gasteiger partial charge in [-0.2, -0.15) is 0 Å². The minimum Gasteiger partial charge on any atom is -0.293 e. The zero-order valence-corrected chi connectivity index (χ0v) is 14.4. The van der Waals surface area contributed by atoms with E-state index >= 15 is 0 Å². The first-order valence-electron chi connectivity index (χ1n) is 6.37. The Labute approximate surface area is 143 Å². The number of ketones is 1. The second-order valence-corrected chi connectivity index (χ2v) is 6.44. The fourth-order valence-electron chi connectivity index (χ4n) is 1.38. The molecule has 0 saturated carbocycles. The molecular weight excluding hydrogens is 338 g/mol. The van der Waals surface area contributed by atoms with E-state index in [0.717, 1.165) is 33.6 Å². The maximum atomic E-state index is 11.5. The molecule has 2 N–H and O–H groups in total. The Morgan fingerprint density at radius 1 is 1.05 bits per heavy atom. The van der Waals surface area contributed by atoms with Crippen molar-refractivity contribution in [1.82, 2.24) is 0 Å². The summed E-state index contributed by atoms with van der Waals surface area (Å²) in [5, 5.41) is 6.11. The van der Waals surface area contributed by atoms with Crippen LogP contribution in [0.3, 0.4) is 0 Å². The van der Waals surface area contributed by atoms with Crippen molar-refractivity contribution < 1.29 is 9.59 Å². The van der Waals surface area contributed by atoms with Gasteiger partial charge in [-0.25, -0.2) is 0 Å². The van der Waals surface area contributed by atoms with Crippen LogP contribution in [0.1, 0.15) is 17.3 Å². The number of benzene rings is 2. The summed E-state index contributed by atoms with van der Waals surface area (Å²) in [4.78, 5) is 23.1. The number of hydrogen-bond donors (Lipinski definition) is 1. The lowest BCUT2D eigenvalue weighted by Gasteiger charge is -2.00. The molecule has 0 fully saturated rings. The zero-order chi connectivity index (χ0) is 16.4. The molecule has 0 spiro atoms. The number of carbonyl (C=O) groups excluding carboxylic acids is 2. The van der Waals surface area contributed by atoms with Gasteiger partial charge in [0.2, 0.25) is 0 Å². The summed E-state index contributed by atoms with van der Waals surface area (Å²) in [6.07, 6.45) is 0. The number of carbonyl (C=O) groups is 2. The van der Waals surface area contributed by atoms with Crippen molar-refractivity contribution in [2.45, 2.75) is 11.8 Å². The molecule has 0 radical (unpaired) electrons. The van der Waals surface area contributed by atoms with Gasteiger partial charge in [0.15, 0.2) is 10.9 Å². The average molecular weight is 354 g/mol. The van der Waals surface area contributed by atoms with E-state index in [9.17, 15) is 9.59 Å². The number of thioether (sulfide) groups is 1. The Kier molecular flexibility index (Phi) is 8.92. The van der Waals surface area contributed by atoms with Crippen LogP contribution >= 0.6 is 35.3 Å². The summed E-state index contributed by atoms with van der Waals surface area (Å²) >= 11 is 7.70. The zero-order valence-electron chi connectivity index (χ0n) is 12.0. The van der Waals surface area contributed by atoms with Crippen LogP contribution in [0.15, 0.2) is 59.5 Å². The van der Waals surface area contributed by atoms with E-state index < -0.39 is 0 Å². The highest BCUT2D eigenvalue weighted by Gasteiger charge is 2.07. The molecule has 3 nitrogen and oxygen atoms in total. The van der Waals surface area contributed by atoms with Crippen LogP contribution in [0.25, 0.3) is 0 Å². The van der Waals surface area contributed by atoms with Gasteiger partial charge in [0.1, 0.15) is 0 Å². The van der Waals surface area contributed by atoms with Crippen molar-refractivity contribution in [3.05, 3.63) is 65.2 Å². The van der Waals surface area contributed by atoms with Crippen LogP contribution in [0, 0.1) is 0 Å². The molecule has 0 heterocycles. The Morgan fingerprint density at radius 3 is 2.05 bits per heavy atom. The number of rotatable bonds is 4. The van der Waals surface area contributed by atoms with E-state index in [4.69, 9.17) is 16.7 Å². The molecule has 0 amide bonds. The summed E-state index contributed by atoms with van der Waals surface area (Å²) in [5.74, 6) is 0.161. The molecule has 22 heavy (non-hydrogen) atoms. The normalized spacial score (nSPS) is 9.59. The summed E-state index contributed by atoms with van der Waals surface area (Å²) in [6.45, 7) is 1.45. The van der Waals surface area contributed by atoms with Gasteiger partial charge < -0.3 is 0 Å². The second-order valence-electron chi connectivity index (χ2n) is 4.14. The third-order valence-electron chi connectivity index (χ3n) is 2.45. The van der Waals surface area contributed by atoms with Gasteiger partial charge in [0.05, 0.1) is 5.75 Å². The SMILES string of the molecule is CC(=O)SCC(=O)c1ccc(SN)cc1.Clc1ccccc1. The van der Waals surface area contributed by atoms with E-state index in [1.54, 1.807) is 24.3 Å². The lowest BCUT2D eigenvalue weighted by Crippen LogP contribution is -2.03. The first-order chi connectivity index (χ1) is 10.5.